The first-order chi connectivity index (χ1) is 6.69. The van der Waals surface area contributed by atoms with E-state index < -0.39 is 0 Å². The molecule has 0 aromatic heterocycles. The van der Waals surface area contributed by atoms with Crippen LogP contribution in [0.2, 0.25) is 0 Å². The Morgan fingerprint density at radius 1 is 1.50 bits per heavy atom. The number of hydrogen-bond donors (Lipinski definition) is 1. The van der Waals surface area contributed by atoms with Gasteiger partial charge in [-0.3, -0.25) is 4.99 Å². The maximum absolute atomic E-state index is 5.78. The Bertz CT molecular complexity index is 194. The Morgan fingerprint density at radius 3 is 2.50 bits per heavy atom. The van der Waals surface area contributed by atoms with Crippen LogP contribution in [-0.4, -0.2) is 55.5 Å². The van der Waals surface area contributed by atoms with Crippen molar-refractivity contribution in [1.29, 1.82) is 0 Å². The maximum atomic E-state index is 5.78. The van der Waals surface area contributed by atoms with Gasteiger partial charge in [0.05, 0.1) is 0 Å². The molecule has 82 valence electrons. The zero-order valence-corrected chi connectivity index (χ0v) is 9.53. The second-order valence-electron chi connectivity index (χ2n) is 3.86. The molecule has 4 nitrogen and oxygen atoms in total. The normalized spacial score (nSPS) is 21.2. The highest BCUT2D eigenvalue weighted by Gasteiger charge is 2.22. The average Bonchev–Trinajstić information content (AvgIpc) is 2.27. The first-order valence-corrected chi connectivity index (χ1v) is 5.36. The Labute approximate surface area is 86.8 Å². The Balaban J connectivity index is 2.41. The van der Waals surface area contributed by atoms with Crippen molar-refractivity contribution < 1.29 is 0 Å². The third kappa shape index (κ3) is 2.61. The summed E-state index contributed by atoms with van der Waals surface area (Å²) in [6, 6.07) is 0.571. The van der Waals surface area contributed by atoms with Crippen LogP contribution in [0.3, 0.4) is 0 Å². The van der Waals surface area contributed by atoms with E-state index in [1.54, 1.807) is 7.05 Å². The first-order valence-electron chi connectivity index (χ1n) is 5.36. The van der Waals surface area contributed by atoms with Gasteiger partial charge >= 0.3 is 0 Å². The molecule has 0 radical (unpaired) electrons. The van der Waals surface area contributed by atoms with Crippen LogP contribution in [0.15, 0.2) is 4.99 Å². The molecule has 1 fully saturated rings. The molecular formula is C10H22N4. The van der Waals surface area contributed by atoms with Gasteiger partial charge in [0.15, 0.2) is 5.96 Å². The molecule has 1 aliphatic rings. The minimum atomic E-state index is 0.571. The summed E-state index contributed by atoms with van der Waals surface area (Å²) in [7, 11) is 3.78. The molecule has 0 spiro atoms. The molecule has 14 heavy (non-hydrogen) atoms. The van der Waals surface area contributed by atoms with Crippen molar-refractivity contribution in [2.24, 2.45) is 10.7 Å². The summed E-state index contributed by atoms with van der Waals surface area (Å²) >= 11 is 0. The average molecular weight is 198 g/mol. The van der Waals surface area contributed by atoms with Gasteiger partial charge in [0.2, 0.25) is 0 Å². The molecule has 1 saturated heterocycles. The molecule has 0 aliphatic carbocycles. The molecule has 0 unspecified atom stereocenters. The second-order valence-corrected chi connectivity index (χ2v) is 3.86. The second kappa shape index (κ2) is 5.20. The molecule has 1 heterocycles. The van der Waals surface area contributed by atoms with Crippen LogP contribution in [0.4, 0.5) is 0 Å². The van der Waals surface area contributed by atoms with E-state index in [-0.39, 0.29) is 0 Å². The lowest BCUT2D eigenvalue weighted by Crippen LogP contribution is -2.47. The first kappa shape index (κ1) is 11.3. The van der Waals surface area contributed by atoms with E-state index in [0.717, 1.165) is 6.54 Å². The summed E-state index contributed by atoms with van der Waals surface area (Å²) in [6.45, 7) is 5.74. The number of aliphatic imine (C=N–C) groups is 1. The van der Waals surface area contributed by atoms with Crippen molar-refractivity contribution in [3.63, 3.8) is 0 Å². The van der Waals surface area contributed by atoms with Crippen LogP contribution in [0.25, 0.3) is 0 Å². The highest BCUT2D eigenvalue weighted by Crippen LogP contribution is 2.14. The topological polar surface area (TPSA) is 44.9 Å². The Kier molecular flexibility index (Phi) is 4.20. The van der Waals surface area contributed by atoms with Crippen LogP contribution >= 0.6 is 0 Å². The van der Waals surface area contributed by atoms with Gasteiger partial charge in [0.25, 0.3) is 0 Å². The van der Waals surface area contributed by atoms with Crippen LogP contribution < -0.4 is 5.73 Å². The number of likely N-dealkylation sites (tertiary alicyclic amines) is 1. The van der Waals surface area contributed by atoms with Gasteiger partial charge in [-0.05, 0) is 19.4 Å². The highest BCUT2D eigenvalue weighted by molar-refractivity contribution is 5.77. The van der Waals surface area contributed by atoms with E-state index in [1.165, 1.54) is 25.9 Å². The molecular weight excluding hydrogens is 176 g/mol. The molecule has 0 atom stereocenters. The summed E-state index contributed by atoms with van der Waals surface area (Å²) < 4.78 is 0. The predicted molar refractivity (Wildman–Crippen MR) is 60.4 cm³/mol. The van der Waals surface area contributed by atoms with E-state index in [0.29, 0.717) is 12.0 Å². The molecule has 2 N–H and O–H groups in total. The van der Waals surface area contributed by atoms with Crippen molar-refractivity contribution in [1.82, 2.24) is 9.80 Å². The fourth-order valence-corrected chi connectivity index (χ4v) is 1.97. The number of rotatable bonds is 2. The van der Waals surface area contributed by atoms with Gasteiger partial charge in [0, 0.05) is 33.2 Å². The van der Waals surface area contributed by atoms with E-state index in [4.69, 9.17) is 5.73 Å². The molecule has 0 saturated carbocycles. The van der Waals surface area contributed by atoms with Gasteiger partial charge in [-0.15, -0.1) is 0 Å². The SMILES string of the molecule is CCN1CCC(N(C)C(N)=NC)CC1. The smallest absolute Gasteiger partial charge is 0.190 e. The van der Waals surface area contributed by atoms with E-state index in [9.17, 15) is 0 Å². The van der Waals surface area contributed by atoms with Crippen molar-refractivity contribution in [2.75, 3.05) is 33.7 Å². The highest BCUT2D eigenvalue weighted by atomic mass is 15.3. The fourth-order valence-electron chi connectivity index (χ4n) is 1.97. The number of nitrogens with two attached hydrogens (primary N) is 1. The van der Waals surface area contributed by atoms with Gasteiger partial charge < -0.3 is 15.5 Å². The summed E-state index contributed by atoms with van der Waals surface area (Å²) in [4.78, 5) is 8.59. The summed E-state index contributed by atoms with van der Waals surface area (Å²) in [5, 5.41) is 0. The molecule has 0 amide bonds. The fraction of sp³-hybridized carbons (Fsp3) is 0.900. The van der Waals surface area contributed by atoms with Gasteiger partial charge in [-0.25, -0.2) is 0 Å². The van der Waals surface area contributed by atoms with Gasteiger partial charge in [-0.2, -0.15) is 0 Å². The zero-order valence-electron chi connectivity index (χ0n) is 9.53. The van der Waals surface area contributed by atoms with E-state index in [1.807, 2.05) is 7.05 Å². The number of nitrogens with zero attached hydrogens (tertiary/aromatic N) is 3. The lowest BCUT2D eigenvalue weighted by atomic mass is 10.0. The lowest BCUT2D eigenvalue weighted by Gasteiger charge is -2.36. The van der Waals surface area contributed by atoms with Crippen molar-refractivity contribution in [3.8, 4) is 0 Å². The van der Waals surface area contributed by atoms with Crippen molar-refractivity contribution in [2.45, 2.75) is 25.8 Å². The number of piperidine rings is 1. The number of hydrogen-bond acceptors (Lipinski definition) is 2. The maximum Gasteiger partial charge on any atom is 0.190 e. The number of guanidine groups is 1. The standard InChI is InChI=1S/C10H22N4/c1-4-14-7-5-9(6-8-14)13(3)10(11)12-2/h9H,4-8H2,1-3H3,(H2,11,12). The lowest BCUT2D eigenvalue weighted by molar-refractivity contribution is 0.171. The summed E-state index contributed by atoms with van der Waals surface area (Å²) in [6.07, 6.45) is 2.39. The van der Waals surface area contributed by atoms with Gasteiger partial charge in [0.1, 0.15) is 0 Å². The molecule has 0 bridgehead atoms. The van der Waals surface area contributed by atoms with Gasteiger partial charge in [-0.1, -0.05) is 6.92 Å². The Hall–Kier alpha value is -0.770. The van der Waals surface area contributed by atoms with Crippen LogP contribution in [0.1, 0.15) is 19.8 Å². The van der Waals surface area contributed by atoms with E-state index >= 15 is 0 Å². The van der Waals surface area contributed by atoms with E-state index in [2.05, 4.69) is 21.7 Å². The Morgan fingerprint density at radius 2 is 2.07 bits per heavy atom. The minimum Gasteiger partial charge on any atom is -0.370 e. The molecule has 1 aliphatic heterocycles. The van der Waals surface area contributed by atoms with Crippen molar-refractivity contribution in [3.05, 3.63) is 0 Å². The van der Waals surface area contributed by atoms with Crippen LogP contribution in [0.5, 0.6) is 0 Å². The third-order valence-corrected chi connectivity index (χ3v) is 3.14. The molecule has 0 aromatic rings. The van der Waals surface area contributed by atoms with Crippen LogP contribution in [-0.2, 0) is 0 Å². The molecule has 1 rings (SSSR count). The minimum absolute atomic E-state index is 0.571. The third-order valence-electron chi connectivity index (χ3n) is 3.14. The zero-order chi connectivity index (χ0) is 10.6. The largest absolute Gasteiger partial charge is 0.370 e. The monoisotopic (exact) mass is 198 g/mol. The predicted octanol–water partition coefficient (Wildman–Crippen LogP) is 0.347. The summed E-state index contributed by atoms with van der Waals surface area (Å²) in [5.41, 5.74) is 5.78. The summed E-state index contributed by atoms with van der Waals surface area (Å²) in [5.74, 6) is 0.653. The quantitative estimate of drug-likeness (QED) is 0.514. The molecule has 0 aromatic carbocycles. The van der Waals surface area contributed by atoms with Crippen LogP contribution in [0, 0.1) is 0 Å². The van der Waals surface area contributed by atoms with Crippen molar-refractivity contribution >= 4 is 5.96 Å². The molecule has 4 heteroatoms.